The summed E-state index contributed by atoms with van der Waals surface area (Å²) in [5.41, 5.74) is 0. The minimum atomic E-state index is -0.602. The summed E-state index contributed by atoms with van der Waals surface area (Å²) in [6.45, 7) is 5.07. The Kier molecular flexibility index (Phi) is 6.58. The zero-order valence-corrected chi connectivity index (χ0v) is 14.2. The molecule has 1 aliphatic heterocycles. The zero-order chi connectivity index (χ0) is 17.5. The van der Waals surface area contributed by atoms with E-state index in [1.807, 2.05) is 6.92 Å². The molecule has 0 saturated carbocycles. The quantitative estimate of drug-likeness (QED) is 0.749. The first kappa shape index (κ1) is 18.2. The second-order valence-corrected chi connectivity index (χ2v) is 5.82. The number of ether oxygens (including phenoxy) is 2. The SMILES string of the molecule is CCOC(=O)C1CCN(C(=O)[C@@H](CC)Oc2ccc(F)cc2)CC1. The van der Waals surface area contributed by atoms with Crippen LogP contribution < -0.4 is 4.74 Å². The monoisotopic (exact) mass is 337 g/mol. The van der Waals surface area contributed by atoms with E-state index in [4.69, 9.17) is 9.47 Å². The Morgan fingerprint density at radius 2 is 1.83 bits per heavy atom. The molecule has 24 heavy (non-hydrogen) atoms. The van der Waals surface area contributed by atoms with Gasteiger partial charge in [0, 0.05) is 13.1 Å². The zero-order valence-electron chi connectivity index (χ0n) is 14.2. The van der Waals surface area contributed by atoms with E-state index in [1.54, 1.807) is 11.8 Å². The molecule has 1 saturated heterocycles. The molecule has 0 aliphatic carbocycles. The van der Waals surface area contributed by atoms with Crippen molar-refractivity contribution < 1.29 is 23.5 Å². The summed E-state index contributed by atoms with van der Waals surface area (Å²) in [5, 5.41) is 0. The van der Waals surface area contributed by atoms with Gasteiger partial charge in [-0.15, -0.1) is 0 Å². The number of rotatable bonds is 6. The fraction of sp³-hybridized carbons (Fsp3) is 0.556. The highest BCUT2D eigenvalue weighted by Crippen LogP contribution is 2.21. The molecule has 6 heteroatoms. The molecule has 1 atom stereocenters. The summed E-state index contributed by atoms with van der Waals surface area (Å²) >= 11 is 0. The van der Waals surface area contributed by atoms with Gasteiger partial charge in [-0.2, -0.15) is 0 Å². The van der Waals surface area contributed by atoms with Crippen molar-refractivity contribution in [2.24, 2.45) is 5.92 Å². The number of nitrogens with zero attached hydrogens (tertiary/aromatic N) is 1. The highest BCUT2D eigenvalue weighted by atomic mass is 19.1. The number of carbonyl (C=O) groups excluding carboxylic acids is 2. The number of esters is 1. The standard InChI is InChI=1S/C18H24FNO4/c1-3-16(24-15-7-5-14(19)6-8-15)17(21)20-11-9-13(10-12-20)18(22)23-4-2/h5-8,13,16H,3-4,9-12H2,1-2H3/t16-/m1/s1. The van der Waals surface area contributed by atoms with E-state index in [0.29, 0.717) is 44.7 Å². The van der Waals surface area contributed by atoms with E-state index < -0.39 is 6.10 Å². The van der Waals surface area contributed by atoms with Crippen LogP contribution in [0.1, 0.15) is 33.1 Å². The molecule has 1 aliphatic rings. The van der Waals surface area contributed by atoms with Gasteiger partial charge in [-0.3, -0.25) is 9.59 Å². The molecule has 2 rings (SSSR count). The van der Waals surface area contributed by atoms with Crippen molar-refractivity contribution in [2.45, 2.75) is 39.2 Å². The molecule has 0 unspecified atom stereocenters. The molecule has 1 amide bonds. The summed E-state index contributed by atoms with van der Waals surface area (Å²) in [6, 6.07) is 5.63. The Labute approximate surface area is 141 Å². The Morgan fingerprint density at radius 1 is 1.21 bits per heavy atom. The first-order valence-electron chi connectivity index (χ1n) is 8.42. The number of carbonyl (C=O) groups is 2. The van der Waals surface area contributed by atoms with Crippen molar-refractivity contribution in [3.8, 4) is 5.75 Å². The minimum absolute atomic E-state index is 0.0934. The molecule has 0 spiro atoms. The van der Waals surface area contributed by atoms with E-state index >= 15 is 0 Å². The van der Waals surface area contributed by atoms with Crippen LogP contribution in [0, 0.1) is 11.7 Å². The minimum Gasteiger partial charge on any atom is -0.481 e. The topological polar surface area (TPSA) is 55.8 Å². The smallest absolute Gasteiger partial charge is 0.309 e. The fourth-order valence-corrected chi connectivity index (χ4v) is 2.79. The van der Waals surface area contributed by atoms with E-state index in [9.17, 15) is 14.0 Å². The van der Waals surface area contributed by atoms with Crippen LogP contribution in [0.5, 0.6) is 5.75 Å². The predicted octanol–water partition coefficient (Wildman–Crippen LogP) is 2.78. The van der Waals surface area contributed by atoms with E-state index in [-0.39, 0.29) is 23.6 Å². The summed E-state index contributed by atoms with van der Waals surface area (Å²) in [7, 11) is 0. The predicted molar refractivity (Wildman–Crippen MR) is 87.0 cm³/mol. The second-order valence-electron chi connectivity index (χ2n) is 5.82. The number of piperidine rings is 1. The number of hydrogen-bond donors (Lipinski definition) is 0. The maximum Gasteiger partial charge on any atom is 0.309 e. The average Bonchev–Trinajstić information content (AvgIpc) is 2.61. The number of likely N-dealkylation sites (tertiary alicyclic amines) is 1. The first-order valence-corrected chi connectivity index (χ1v) is 8.42. The van der Waals surface area contributed by atoms with Crippen LogP contribution >= 0.6 is 0 Å². The molecule has 1 aromatic carbocycles. The fourth-order valence-electron chi connectivity index (χ4n) is 2.79. The average molecular weight is 337 g/mol. The lowest BCUT2D eigenvalue weighted by atomic mass is 9.96. The van der Waals surface area contributed by atoms with Crippen LogP contribution in [0.4, 0.5) is 4.39 Å². The molecule has 0 N–H and O–H groups in total. The van der Waals surface area contributed by atoms with Crippen molar-refractivity contribution >= 4 is 11.9 Å². The van der Waals surface area contributed by atoms with Gasteiger partial charge in [0.1, 0.15) is 11.6 Å². The van der Waals surface area contributed by atoms with Gasteiger partial charge in [0.05, 0.1) is 12.5 Å². The lowest BCUT2D eigenvalue weighted by Gasteiger charge is -2.33. The van der Waals surface area contributed by atoms with Crippen LogP contribution in [-0.2, 0) is 14.3 Å². The van der Waals surface area contributed by atoms with Crippen LogP contribution in [-0.4, -0.2) is 42.6 Å². The van der Waals surface area contributed by atoms with E-state index in [1.165, 1.54) is 24.3 Å². The highest BCUT2D eigenvalue weighted by Gasteiger charge is 2.31. The van der Waals surface area contributed by atoms with Gasteiger partial charge in [0.25, 0.3) is 5.91 Å². The maximum absolute atomic E-state index is 12.9. The summed E-state index contributed by atoms with van der Waals surface area (Å²) in [4.78, 5) is 26.1. The molecule has 1 aromatic rings. The molecule has 1 heterocycles. The van der Waals surface area contributed by atoms with E-state index in [2.05, 4.69) is 0 Å². The first-order chi connectivity index (χ1) is 11.5. The Morgan fingerprint density at radius 3 is 2.38 bits per heavy atom. The number of halogens is 1. The van der Waals surface area contributed by atoms with Crippen LogP contribution in [0.25, 0.3) is 0 Å². The molecule has 0 radical (unpaired) electrons. The summed E-state index contributed by atoms with van der Waals surface area (Å²) < 4.78 is 23.7. The molecule has 0 aromatic heterocycles. The van der Waals surface area contributed by atoms with Gasteiger partial charge in [0.2, 0.25) is 0 Å². The van der Waals surface area contributed by atoms with Crippen molar-refractivity contribution in [3.05, 3.63) is 30.1 Å². The van der Waals surface area contributed by atoms with Crippen LogP contribution in [0.15, 0.2) is 24.3 Å². The molecule has 132 valence electrons. The molecular formula is C18H24FNO4. The Hall–Kier alpha value is -2.11. The van der Waals surface area contributed by atoms with Gasteiger partial charge in [-0.05, 0) is 50.5 Å². The number of hydrogen-bond acceptors (Lipinski definition) is 4. The molecule has 5 nitrogen and oxygen atoms in total. The molecule has 1 fully saturated rings. The third kappa shape index (κ3) is 4.69. The van der Waals surface area contributed by atoms with Crippen molar-refractivity contribution in [3.63, 3.8) is 0 Å². The lowest BCUT2D eigenvalue weighted by Crippen LogP contribution is -2.46. The van der Waals surface area contributed by atoms with Gasteiger partial charge < -0.3 is 14.4 Å². The van der Waals surface area contributed by atoms with Crippen molar-refractivity contribution in [1.29, 1.82) is 0 Å². The van der Waals surface area contributed by atoms with E-state index in [0.717, 1.165) is 0 Å². The molecular weight excluding hydrogens is 313 g/mol. The van der Waals surface area contributed by atoms with Crippen molar-refractivity contribution in [1.82, 2.24) is 4.90 Å². The maximum atomic E-state index is 12.9. The normalized spacial score (nSPS) is 16.5. The van der Waals surface area contributed by atoms with Crippen molar-refractivity contribution in [2.75, 3.05) is 19.7 Å². The van der Waals surface area contributed by atoms with Gasteiger partial charge in [-0.25, -0.2) is 4.39 Å². The summed E-state index contributed by atoms with van der Waals surface area (Å²) in [5.74, 6) is -0.281. The number of benzene rings is 1. The van der Waals surface area contributed by atoms with Crippen LogP contribution in [0.2, 0.25) is 0 Å². The third-order valence-corrected chi connectivity index (χ3v) is 4.16. The van der Waals surface area contributed by atoms with Gasteiger partial charge >= 0.3 is 5.97 Å². The Balaban J connectivity index is 1.90. The molecule has 0 bridgehead atoms. The highest BCUT2D eigenvalue weighted by molar-refractivity contribution is 5.81. The van der Waals surface area contributed by atoms with Gasteiger partial charge in [-0.1, -0.05) is 6.92 Å². The Bertz CT molecular complexity index is 553. The van der Waals surface area contributed by atoms with Crippen LogP contribution in [0.3, 0.4) is 0 Å². The largest absolute Gasteiger partial charge is 0.481 e. The second kappa shape index (κ2) is 8.66. The third-order valence-electron chi connectivity index (χ3n) is 4.16. The lowest BCUT2D eigenvalue weighted by molar-refractivity contribution is -0.152. The van der Waals surface area contributed by atoms with Gasteiger partial charge in [0.15, 0.2) is 6.10 Å². The number of amides is 1. The summed E-state index contributed by atoms with van der Waals surface area (Å²) in [6.07, 6.45) is 1.14.